The summed E-state index contributed by atoms with van der Waals surface area (Å²) in [4.78, 5) is 7.01. The minimum Gasteiger partial charge on any atom is -0.230 e. The Labute approximate surface area is 115 Å². The van der Waals surface area contributed by atoms with E-state index in [0.29, 0.717) is 18.2 Å². The zero-order chi connectivity index (χ0) is 15.1. The van der Waals surface area contributed by atoms with Gasteiger partial charge in [0.1, 0.15) is 5.82 Å². The van der Waals surface area contributed by atoms with Crippen LogP contribution in [0.4, 0.5) is 22.0 Å². The summed E-state index contributed by atoms with van der Waals surface area (Å²) in [5.74, 6) is -2.31. The van der Waals surface area contributed by atoms with Crippen LogP contribution in [0.25, 0.3) is 11.4 Å². The van der Waals surface area contributed by atoms with Crippen molar-refractivity contribution in [2.24, 2.45) is 0 Å². The van der Waals surface area contributed by atoms with Gasteiger partial charge in [-0.15, -0.1) is 0 Å². The number of aromatic nitrogens is 2. The Bertz CT molecular complexity index is 646. The van der Waals surface area contributed by atoms with Gasteiger partial charge in [0.25, 0.3) is 0 Å². The molecule has 0 bridgehead atoms. The minimum absolute atomic E-state index is 0.225. The zero-order valence-corrected chi connectivity index (χ0v) is 10.7. The van der Waals surface area contributed by atoms with E-state index in [2.05, 4.69) is 9.97 Å². The molecule has 0 saturated heterocycles. The van der Waals surface area contributed by atoms with Gasteiger partial charge < -0.3 is 0 Å². The second kappa shape index (κ2) is 4.97. The molecule has 0 radical (unpaired) electrons. The number of aryl methyl sites for hydroxylation is 1. The molecule has 2 rings (SSSR count). The highest BCUT2D eigenvalue weighted by molar-refractivity contribution is 6.29. The van der Waals surface area contributed by atoms with Gasteiger partial charge in [0.2, 0.25) is 0 Å². The molecule has 0 spiro atoms. The number of hydrogen-bond donors (Lipinski definition) is 0. The summed E-state index contributed by atoms with van der Waals surface area (Å²) in [6.07, 6.45) is -4.72. The summed E-state index contributed by atoms with van der Waals surface area (Å²) in [6, 6.07) is 1.87. The van der Waals surface area contributed by atoms with Crippen molar-refractivity contribution in [3.8, 4) is 11.4 Å². The van der Waals surface area contributed by atoms with E-state index in [4.69, 9.17) is 11.6 Å². The van der Waals surface area contributed by atoms with E-state index in [0.717, 1.165) is 0 Å². The summed E-state index contributed by atoms with van der Waals surface area (Å²) >= 11 is 5.47. The molecule has 0 amide bonds. The molecule has 0 atom stereocenters. The Hall–Kier alpha value is -1.76. The van der Waals surface area contributed by atoms with Crippen LogP contribution in [0.2, 0.25) is 5.15 Å². The Kier molecular flexibility index (Phi) is 3.64. The SMILES string of the molecule is Cc1nc(-c2cc(F)ccc2C(F)(F)F)nc(Cl)c1F. The molecule has 0 saturated carbocycles. The predicted octanol–water partition coefficient (Wildman–Crippen LogP) is 4.40. The average molecular weight is 309 g/mol. The van der Waals surface area contributed by atoms with Crippen LogP contribution in [0.15, 0.2) is 18.2 Å². The van der Waals surface area contributed by atoms with Crippen LogP contribution in [0.1, 0.15) is 11.3 Å². The molecule has 0 N–H and O–H groups in total. The number of alkyl halides is 3. The molecule has 0 fully saturated rings. The molecule has 0 aliphatic carbocycles. The molecule has 20 heavy (non-hydrogen) atoms. The molecule has 1 aromatic carbocycles. The minimum atomic E-state index is -4.72. The largest absolute Gasteiger partial charge is 0.417 e. The third-order valence-electron chi connectivity index (χ3n) is 2.50. The lowest BCUT2D eigenvalue weighted by atomic mass is 10.1. The molecule has 1 aromatic heterocycles. The number of rotatable bonds is 1. The summed E-state index contributed by atoms with van der Waals surface area (Å²) in [6.45, 7) is 1.22. The molecular weight excluding hydrogens is 303 g/mol. The Morgan fingerprint density at radius 3 is 2.30 bits per heavy atom. The first kappa shape index (κ1) is 14.6. The van der Waals surface area contributed by atoms with Crippen LogP contribution in [0, 0.1) is 18.6 Å². The summed E-state index contributed by atoms with van der Waals surface area (Å²) in [5.41, 5.74) is -1.94. The highest BCUT2D eigenvalue weighted by Gasteiger charge is 2.34. The van der Waals surface area contributed by atoms with Crippen molar-refractivity contribution < 1.29 is 22.0 Å². The highest BCUT2D eigenvalue weighted by Crippen LogP contribution is 2.36. The first-order chi connectivity index (χ1) is 9.20. The fourth-order valence-electron chi connectivity index (χ4n) is 1.59. The molecule has 2 nitrogen and oxygen atoms in total. The van der Waals surface area contributed by atoms with Gasteiger partial charge in [0, 0.05) is 5.56 Å². The van der Waals surface area contributed by atoms with Crippen molar-refractivity contribution in [3.05, 3.63) is 46.2 Å². The quantitative estimate of drug-likeness (QED) is 0.576. The van der Waals surface area contributed by atoms with Crippen molar-refractivity contribution in [2.75, 3.05) is 0 Å². The summed E-state index contributed by atoms with van der Waals surface area (Å²) < 4.78 is 65.0. The van der Waals surface area contributed by atoms with Gasteiger partial charge in [-0.1, -0.05) is 11.6 Å². The maximum Gasteiger partial charge on any atom is 0.417 e. The summed E-state index contributed by atoms with van der Waals surface area (Å²) in [5, 5.41) is -0.620. The van der Waals surface area contributed by atoms with Gasteiger partial charge >= 0.3 is 6.18 Å². The van der Waals surface area contributed by atoms with Crippen LogP contribution in [-0.4, -0.2) is 9.97 Å². The maximum absolute atomic E-state index is 13.3. The molecule has 0 aliphatic heterocycles. The lowest BCUT2D eigenvalue weighted by molar-refractivity contribution is -0.137. The lowest BCUT2D eigenvalue weighted by Crippen LogP contribution is -2.09. The van der Waals surface area contributed by atoms with Gasteiger partial charge in [-0.3, -0.25) is 0 Å². The third kappa shape index (κ3) is 2.72. The van der Waals surface area contributed by atoms with Gasteiger partial charge in [-0.2, -0.15) is 13.2 Å². The topological polar surface area (TPSA) is 25.8 Å². The van der Waals surface area contributed by atoms with E-state index < -0.39 is 39.9 Å². The molecular formula is C12H6ClF5N2. The monoisotopic (exact) mass is 308 g/mol. The lowest BCUT2D eigenvalue weighted by Gasteiger charge is -2.12. The first-order valence-electron chi connectivity index (χ1n) is 5.27. The predicted molar refractivity (Wildman–Crippen MR) is 62.1 cm³/mol. The van der Waals surface area contributed by atoms with Crippen LogP contribution in [0.3, 0.4) is 0 Å². The van der Waals surface area contributed by atoms with E-state index in [1.165, 1.54) is 6.92 Å². The zero-order valence-electron chi connectivity index (χ0n) is 9.89. The van der Waals surface area contributed by atoms with Gasteiger partial charge in [-0.25, -0.2) is 18.7 Å². The molecule has 1 heterocycles. The molecule has 0 unspecified atom stereocenters. The van der Waals surface area contributed by atoms with Crippen LogP contribution in [-0.2, 0) is 6.18 Å². The van der Waals surface area contributed by atoms with Gasteiger partial charge in [0.15, 0.2) is 16.8 Å². The summed E-state index contributed by atoms with van der Waals surface area (Å²) in [7, 11) is 0. The van der Waals surface area contributed by atoms with Crippen molar-refractivity contribution in [1.29, 1.82) is 0 Å². The third-order valence-corrected chi connectivity index (χ3v) is 2.75. The molecule has 8 heteroatoms. The first-order valence-corrected chi connectivity index (χ1v) is 5.64. The standard InChI is InChI=1S/C12H6ClF5N2/c1-5-9(15)10(13)20-11(19-5)7-4-6(14)2-3-8(7)12(16,17)18/h2-4H,1H3. The van der Waals surface area contributed by atoms with E-state index >= 15 is 0 Å². The Morgan fingerprint density at radius 1 is 1.10 bits per heavy atom. The molecule has 2 aromatic rings. The van der Waals surface area contributed by atoms with E-state index in [1.807, 2.05) is 0 Å². The second-order valence-corrected chi connectivity index (χ2v) is 4.28. The Morgan fingerprint density at radius 2 is 1.75 bits per heavy atom. The van der Waals surface area contributed by atoms with Crippen molar-refractivity contribution in [1.82, 2.24) is 9.97 Å². The Balaban J connectivity index is 2.72. The molecule has 106 valence electrons. The van der Waals surface area contributed by atoms with E-state index in [1.54, 1.807) is 0 Å². The fourth-order valence-corrected chi connectivity index (χ4v) is 1.81. The van der Waals surface area contributed by atoms with Crippen molar-refractivity contribution in [3.63, 3.8) is 0 Å². The average Bonchev–Trinajstić information content (AvgIpc) is 2.33. The van der Waals surface area contributed by atoms with E-state index in [9.17, 15) is 22.0 Å². The fraction of sp³-hybridized carbons (Fsp3) is 0.167. The van der Waals surface area contributed by atoms with Crippen LogP contribution >= 0.6 is 11.6 Å². The van der Waals surface area contributed by atoms with Gasteiger partial charge in [0.05, 0.1) is 11.3 Å². The maximum atomic E-state index is 13.3. The van der Waals surface area contributed by atoms with Crippen molar-refractivity contribution >= 4 is 11.6 Å². The number of benzene rings is 1. The van der Waals surface area contributed by atoms with Crippen LogP contribution in [0.5, 0.6) is 0 Å². The second-order valence-electron chi connectivity index (χ2n) is 3.93. The highest BCUT2D eigenvalue weighted by atomic mass is 35.5. The van der Waals surface area contributed by atoms with E-state index in [-0.39, 0.29) is 5.69 Å². The van der Waals surface area contributed by atoms with Crippen molar-refractivity contribution in [2.45, 2.75) is 13.1 Å². The number of halogens is 6. The normalized spacial score (nSPS) is 11.8. The number of nitrogens with zero attached hydrogens (tertiary/aromatic N) is 2. The van der Waals surface area contributed by atoms with Gasteiger partial charge in [-0.05, 0) is 25.1 Å². The molecule has 0 aliphatic rings. The number of hydrogen-bond acceptors (Lipinski definition) is 2. The van der Waals surface area contributed by atoms with Crippen LogP contribution < -0.4 is 0 Å². The smallest absolute Gasteiger partial charge is 0.230 e.